The molecular weight excluding hydrogens is 622 g/mol. The van der Waals surface area contributed by atoms with Gasteiger partial charge in [0.05, 0.1) is 12.0 Å². The lowest BCUT2D eigenvalue weighted by Gasteiger charge is -2.29. The van der Waals surface area contributed by atoms with E-state index in [9.17, 15) is 29.1 Å². The van der Waals surface area contributed by atoms with E-state index >= 15 is 0 Å². The molecule has 0 aliphatic rings. The predicted octanol–water partition coefficient (Wildman–Crippen LogP) is 3.69. The number of amides is 4. The number of ether oxygens (including phenoxy) is 1. The summed E-state index contributed by atoms with van der Waals surface area (Å²) in [6.45, 7) is 6.77. The average molecular weight is 674 g/mol. The van der Waals surface area contributed by atoms with Gasteiger partial charge in [0.15, 0.2) is 0 Å². The molecule has 2 aromatic rings. The minimum Gasteiger partial charge on any atom is -0.481 e. The Balaban J connectivity index is 2.02. The molecule has 260 valence electrons. The van der Waals surface area contributed by atoms with Crippen molar-refractivity contribution in [2.45, 2.75) is 91.0 Å². The van der Waals surface area contributed by atoms with E-state index in [-0.39, 0.29) is 12.5 Å². The van der Waals surface area contributed by atoms with Crippen LogP contribution >= 0.6 is 11.3 Å². The fraction of sp³-hybridized carbons (Fsp3) is 0.559. The van der Waals surface area contributed by atoms with Gasteiger partial charge in [0.2, 0.25) is 17.7 Å². The van der Waals surface area contributed by atoms with Crippen LogP contribution in [0.3, 0.4) is 0 Å². The van der Waals surface area contributed by atoms with Crippen LogP contribution in [-0.2, 0) is 36.9 Å². The van der Waals surface area contributed by atoms with Gasteiger partial charge in [0.25, 0.3) is 0 Å². The molecule has 6 N–H and O–H groups in total. The summed E-state index contributed by atoms with van der Waals surface area (Å²) >= 11 is 1.76. The molecule has 0 aliphatic heterocycles. The molecule has 0 aliphatic carbocycles. The van der Waals surface area contributed by atoms with E-state index in [1.807, 2.05) is 13.8 Å². The Morgan fingerprint density at radius 2 is 1.53 bits per heavy atom. The second-order valence-electron chi connectivity index (χ2n) is 12.1. The second kappa shape index (κ2) is 21.1. The molecule has 12 nitrogen and oxygen atoms in total. The standard InChI is InChI=1S/C34H51N5O7S/c1-23(2)20-37-31(41)29(36-18-12-7-5-6-11-16-27-17-13-19-47-27)28(33(43)44)21-38-30(40)25(4)39(32(42)24(3)35)34(45)46-22-26-14-9-8-10-15-26/h8-10,13-15,17,19,23-25,28-29,36H,5-7,11-12,16,18,20-22,35H2,1-4H3,(H,37,41)(H,38,40)(H,43,44)/t24-,25-,28?,29?/m0/s1. The molecule has 1 aromatic heterocycles. The number of rotatable bonds is 21. The lowest BCUT2D eigenvalue weighted by molar-refractivity contribution is -0.146. The minimum atomic E-state index is -1.37. The van der Waals surface area contributed by atoms with Crippen LogP contribution in [0.4, 0.5) is 4.79 Å². The van der Waals surface area contributed by atoms with Gasteiger partial charge >= 0.3 is 12.1 Å². The number of carbonyl (C=O) groups excluding carboxylic acids is 4. The van der Waals surface area contributed by atoms with E-state index in [2.05, 4.69) is 33.5 Å². The number of hydrogen-bond acceptors (Lipinski definition) is 9. The summed E-state index contributed by atoms with van der Waals surface area (Å²) in [7, 11) is 0. The summed E-state index contributed by atoms with van der Waals surface area (Å²) < 4.78 is 5.29. The maximum Gasteiger partial charge on any atom is 0.417 e. The molecule has 2 unspecified atom stereocenters. The molecule has 47 heavy (non-hydrogen) atoms. The highest BCUT2D eigenvalue weighted by Gasteiger charge is 2.37. The van der Waals surface area contributed by atoms with Crippen molar-refractivity contribution in [3.05, 3.63) is 58.3 Å². The van der Waals surface area contributed by atoms with Crippen LogP contribution in [0.2, 0.25) is 0 Å². The molecule has 1 heterocycles. The fourth-order valence-corrected chi connectivity index (χ4v) is 5.52. The Bertz CT molecular complexity index is 1260. The molecule has 0 radical (unpaired) electrons. The third-order valence-corrected chi connectivity index (χ3v) is 8.46. The normalized spacial score (nSPS) is 13.7. The van der Waals surface area contributed by atoms with Crippen molar-refractivity contribution in [1.82, 2.24) is 20.9 Å². The van der Waals surface area contributed by atoms with Crippen molar-refractivity contribution in [3.8, 4) is 0 Å². The molecule has 0 bridgehead atoms. The maximum absolute atomic E-state index is 13.2. The SMILES string of the molecule is CC(C)CNC(=O)C(NCCCCCCCc1cccs1)C(CNC(=O)[C@H](C)N(C(=O)OCc1ccccc1)C(=O)[C@H](C)N)C(=O)O. The Morgan fingerprint density at radius 1 is 0.872 bits per heavy atom. The number of hydrogen-bond donors (Lipinski definition) is 5. The number of thiophene rings is 1. The molecule has 1 aromatic carbocycles. The molecule has 4 amide bonds. The van der Waals surface area contributed by atoms with Crippen molar-refractivity contribution in [1.29, 1.82) is 0 Å². The number of nitrogens with zero attached hydrogens (tertiary/aromatic N) is 1. The van der Waals surface area contributed by atoms with E-state index in [1.165, 1.54) is 18.7 Å². The summed E-state index contributed by atoms with van der Waals surface area (Å²) in [5.74, 6) is -4.58. The van der Waals surface area contributed by atoms with Crippen LogP contribution in [0.1, 0.15) is 70.2 Å². The van der Waals surface area contributed by atoms with Crippen LogP contribution in [0.5, 0.6) is 0 Å². The Hall–Kier alpha value is -3.81. The Kier molecular flexibility index (Phi) is 17.7. The zero-order valence-corrected chi connectivity index (χ0v) is 28.7. The highest BCUT2D eigenvalue weighted by atomic mass is 32.1. The third-order valence-electron chi connectivity index (χ3n) is 7.52. The summed E-state index contributed by atoms with van der Waals surface area (Å²) in [6, 6.07) is 9.40. The van der Waals surface area contributed by atoms with Crippen molar-refractivity contribution in [3.63, 3.8) is 0 Å². The molecule has 13 heteroatoms. The molecule has 0 fully saturated rings. The number of carbonyl (C=O) groups is 5. The fourth-order valence-electron chi connectivity index (χ4n) is 4.77. The average Bonchev–Trinajstić information content (AvgIpc) is 3.56. The summed E-state index contributed by atoms with van der Waals surface area (Å²) in [5.41, 5.74) is 6.44. The zero-order chi connectivity index (χ0) is 34.8. The molecule has 0 spiro atoms. The number of benzene rings is 1. The third kappa shape index (κ3) is 14.2. The Morgan fingerprint density at radius 3 is 2.15 bits per heavy atom. The van der Waals surface area contributed by atoms with Crippen LogP contribution in [-0.4, -0.2) is 77.6 Å². The molecule has 2 rings (SSSR count). The number of unbranched alkanes of at least 4 members (excludes halogenated alkanes) is 4. The van der Waals surface area contributed by atoms with Gasteiger partial charge in [-0.15, -0.1) is 11.3 Å². The van der Waals surface area contributed by atoms with Gasteiger partial charge in [-0.3, -0.25) is 19.2 Å². The first-order valence-electron chi connectivity index (χ1n) is 16.3. The second-order valence-corrected chi connectivity index (χ2v) is 13.1. The quantitative estimate of drug-likeness (QED) is 0.124. The largest absolute Gasteiger partial charge is 0.481 e. The smallest absolute Gasteiger partial charge is 0.417 e. The van der Waals surface area contributed by atoms with Crippen molar-refractivity contribution in [2.24, 2.45) is 17.6 Å². The van der Waals surface area contributed by atoms with Gasteiger partial charge in [0, 0.05) is 18.0 Å². The maximum atomic E-state index is 13.2. The first kappa shape index (κ1) is 39.4. The summed E-state index contributed by atoms with van der Waals surface area (Å²) in [6.07, 6.45) is 4.89. The van der Waals surface area contributed by atoms with Gasteiger partial charge in [-0.2, -0.15) is 0 Å². The van der Waals surface area contributed by atoms with Crippen LogP contribution in [0.15, 0.2) is 47.8 Å². The van der Waals surface area contributed by atoms with Gasteiger partial charge in [-0.05, 0) is 62.6 Å². The van der Waals surface area contributed by atoms with E-state index in [4.69, 9.17) is 10.5 Å². The molecule has 4 atom stereocenters. The monoisotopic (exact) mass is 673 g/mol. The highest BCUT2D eigenvalue weighted by Crippen LogP contribution is 2.14. The number of nitrogens with two attached hydrogens (primary N) is 1. The summed E-state index contributed by atoms with van der Waals surface area (Å²) in [5, 5.41) is 20.6. The predicted molar refractivity (Wildman–Crippen MR) is 181 cm³/mol. The summed E-state index contributed by atoms with van der Waals surface area (Å²) in [4.78, 5) is 66.6. The molecule has 0 saturated carbocycles. The molecular formula is C34H51N5O7S. The van der Waals surface area contributed by atoms with E-state index < -0.39 is 60.4 Å². The minimum absolute atomic E-state index is 0.133. The first-order valence-corrected chi connectivity index (χ1v) is 17.1. The first-order chi connectivity index (χ1) is 22.4. The highest BCUT2D eigenvalue weighted by molar-refractivity contribution is 7.09. The van der Waals surface area contributed by atoms with E-state index in [0.29, 0.717) is 23.6 Å². The van der Waals surface area contributed by atoms with Crippen LogP contribution in [0.25, 0.3) is 0 Å². The van der Waals surface area contributed by atoms with E-state index in [1.54, 1.807) is 41.7 Å². The number of carboxylic acids is 1. The Labute approximate surface area is 281 Å². The number of aryl methyl sites for hydroxylation is 1. The number of carboxylic acid groups (broad SMARTS) is 1. The van der Waals surface area contributed by atoms with Gasteiger partial charge < -0.3 is 31.5 Å². The van der Waals surface area contributed by atoms with Gasteiger partial charge in [-0.25, -0.2) is 9.69 Å². The lowest BCUT2D eigenvalue weighted by atomic mass is 9.97. The van der Waals surface area contributed by atoms with Crippen LogP contribution < -0.4 is 21.7 Å². The number of aliphatic carboxylic acids is 1. The zero-order valence-electron chi connectivity index (χ0n) is 27.9. The number of nitrogens with one attached hydrogen (secondary N) is 3. The van der Waals surface area contributed by atoms with Crippen LogP contribution in [0, 0.1) is 11.8 Å². The van der Waals surface area contributed by atoms with Crippen molar-refractivity contribution >= 4 is 41.1 Å². The van der Waals surface area contributed by atoms with Crippen molar-refractivity contribution < 1.29 is 33.8 Å². The van der Waals surface area contributed by atoms with E-state index in [0.717, 1.165) is 38.5 Å². The van der Waals surface area contributed by atoms with Crippen molar-refractivity contribution in [2.75, 3.05) is 19.6 Å². The van der Waals surface area contributed by atoms with Gasteiger partial charge in [-0.1, -0.05) is 69.5 Å². The molecule has 0 saturated heterocycles. The number of imide groups is 1. The topological polar surface area (TPSA) is 180 Å². The lowest BCUT2D eigenvalue weighted by Crippen LogP contribution is -2.57. The van der Waals surface area contributed by atoms with Gasteiger partial charge in [0.1, 0.15) is 18.7 Å².